The smallest absolute Gasteiger partial charge is 0.356 e. The number of fused-ring (bicyclic) bond motifs is 1. The highest BCUT2D eigenvalue weighted by atomic mass is 16.7. The van der Waals surface area contributed by atoms with Crippen LogP contribution in [0.2, 0.25) is 0 Å². The first-order valence-corrected chi connectivity index (χ1v) is 7.05. The number of benzene rings is 1. The van der Waals surface area contributed by atoms with Gasteiger partial charge in [0.15, 0.2) is 6.10 Å². The molecule has 7 nitrogen and oxygen atoms in total. The number of rotatable bonds is 3. The Labute approximate surface area is 127 Å². The quantitative estimate of drug-likeness (QED) is 0.647. The molecule has 2 saturated heterocycles. The normalized spacial score (nSPS) is 29.9. The van der Waals surface area contributed by atoms with E-state index in [1.807, 2.05) is 6.92 Å². The van der Waals surface area contributed by atoms with Crippen molar-refractivity contribution < 1.29 is 28.6 Å². The summed E-state index contributed by atoms with van der Waals surface area (Å²) in [6.07, 6.45) is -0.624. The van der Waals surface area contributed by atoms with Crippen LogP contribution >= 0.6 is 0 Å². The van der Waals surface area contributed by atoms with Gasteiger partial charge in [-0.2, -0.15) is 5.90 Å². The van der Waals surface area contributed by atoms with Gasteiger partial charge in [0.05, 0.1) is 30.4 Å². The van der Waals surface area contributed by atoms with Crippen molar-refractivity contribution in [2.75, 3.05) is 13.2 Å². The zero-order valence-corrected chi connectivity index (χ0v) is 12.1. The molecule has 118 valence electrons. The van der Waals surface area contributed by atoms with Crippen molar-refractivity contribution in [2.45, 2.75) is 25.2 Å². The minimum Gasteiger partial charge on any atom is -0.453 e. The Kier molecular flexibility index (Phi) is 4.10. The van der Waals surface area contributed by atoms with Gasteiger partial charge in [0.25, 0.3) is 0 Å². The van der Waals surface area contributed by atoms with E-state index in [2.05, 4.69) is 4.84 Å². The van der Waals surface area contributed by atoms with Gasteiger partial charge < -0.3 is 19.0 Å². The molecule has 0 aromatic heterocycles. The van der Waals surface area contributed by atoms with Crippen LogP contribution in [0.5, 0.6) is 0 Å². The molecule has 7 heteroatoms. The molecule has 2 heterocycles. The average molecular weight is 307 g/mol. The highest BCUT2D eigenvalue weighted by Crippen LogP contribution is 2.32. The Morgan fingerprint density at radius 1 is 1.05 bits per heavy atom. The molecule has 22 heavy (non-hydrogen) atoms. The van der Waals surface area contributed by atoms with E-state index in [4.69, 9.17) is 20.1 Å². The van der Waals surface area contributed by atoms with Crippen LogP contribution in [0.25, 0.3) is 0 Å². The third-order valence-corrected chi connectivity index (χ3v) is 3.98. The van der Waals surface area contributed by atoms with E-state index in [1.54, 1.807) is 0 Å². The van der Waals surface area contributed by atoms with E-state index in [9.17, 15) is 9.59 Å². The van der Waals surface area contributed by atoms with Gasteiger partial charge in [-0.05, 0) is 24.3 Å². The summed E-state index contributed by atoms with van der Waals surface area (Å²) >= 11 is 0. The predicted molar refractivity (Wildman–Crippen MR) is 73.9 cm³/mol. The van der Waals surface area contributed by atoms with Gasteiger partial charge in [0.2, 0.25) is 0 Å². The third kappa shape index (κ3) is 2.70. The molecule has 0 aliphatic carbocycles. The Bertz CT molecular complexity index is 572. The summed E-state index contributed by atoms with van der Waals surface area (Å²) in [5, 5.41) is 0. The van der Waals surface area contributed by atoms with Gasteiger partial charge in [-0.15, -0.1) is 0 Å². The van der Waals surface area contributed by atoms with E-state index in [0.29, 0.717) is 24.7 Å². The molecule has 2 aliphatic rings. The molecule has 4 unspecified atom stereocenters. The largest absolute Gasteiger partial charge is 0.453 e. The van der Waals surface area contributed by atoms with Gasteiger partial charge in [0, 0.05) is 5.92 Å². The molecule has 2 fully saturated rings. The van der Waals surface area contributed by atoms with Crippen LogP contribution in [0.4, 0.5) is 0 Å². The van der Waals surface area contributed by atoms with E-state index in [-0.39, 0.29) is 17.8 Å². The lowest BCUT2D eigenvalue weighted by Gasteiger charge is -2.16. The average Bonchev–Trinajstić information content (AvgIpc) is 3.11. The molecule has 0 radical (unpaired) electrons. The van der Waals surface area contributed by atoms with Crippen LogP contribution in [-0.2, 0) is 19.0 Å². The highest BCUT2D eigenvalue weighted by molar-refractivity contribution is 5.93. The minimum atomic E-state index is -0.666. The summed E-state index contributed by atoms with van der Waals surface area (Å²) < 4.78 is 16.7. The summed E-state index contributed by atoms with van der Waals surface area (Å²) in [5.41, 5.74) is 0.597. The predicted octanol–water partition coefficient (Wildman–Crippen LogP) is 0.676. The van der Waals surface area contributed by atoms with Crippen molar-refractivity contribution in [1.29, 1.82) is 0 Å². The topological polar surface area (TPSA) is 97.1 Å². The van der Waals surface area contributed by atoms with E-state index < -0.39 is 18.0 Å². The fourth-order valence-corrected chi connectivity index (χ4v) is 2.77. The van der Waals surface area contributed by atoms with Gasteiger partial charge in [0.1, 0.15) is 6.10 Å². The van der Waals surface area contributed by atoms with E-state index in [0.717, 1.165) is 0 Å². The molecule has 0 saturated carbocycles. The number of nitrogens with two attached hydrogens (primary N) is 1. The lowest BCUT2D eigenvalue weighted by molar-refractivity contribution is -0.0158. The van der Waals surface area contributed by atoms with Gasteiger partial charge in [-0.3, -0.25) is 0 Å². The summed E-state index contributed by atoms with van der Waals surface area (Å²) in [5.74, 6) is 3.96. The zero-order valence-electron chi connectivity index (χ0n) is 12.1. The Hall–Kier alpha value is -1.96. The molecular formula is C15H17NO6. The van der Waals surface area contributed by atoms with Crippen molar-refractivity contribution in [3.8, 4) is 0 Å². The first-order chi connectivity index (χ1) is 10.6. The first-order valence-electron chi connectivity index (χ1n) is 7.05. The lowest BCUT2D eigenvalue weighted by atomic mass is 10.0. The highest BCUT2D eigenvalue weighted by Gasteiger charge is 2.47. The van der Waals surface area contributed by atoms with Crippen molar-refractivity contribution >= 4 is 11.9 Å². The van der Waals surface area contributed by atoms with Crippen LogP contribution < -0.4 is 5.90 Å². The maximum absolute atomic E-state index is 12.1. The van der Waals surface area contributed by atoms with Crippen LogP contribution in [0.3, 0.4) is 0 Å². The number of ether oxygens (including phenoxy) is 3. The Morgan fingerprint density at radius 2 is 1.64 bits per heavy atom. The van der Waals surface area contributed by atoms with E-state index in [1.165, 1.54) is 24.3 Å². The number of hydrogen-bond acceptors (Lipinski definition) is 7. The molecule has 2 N–H and O–H groups in total. The maximum atomic E-state index is 12.1. The first kappa shape index (κ1) is 15.0. The monoisotopic (exact) mass is 307 g/mol. The Morgan fingerprint density at radius 3 is 2.27 bits per heavy atom. The molecule has 3 rings (SSSR count). The number of carbonyl (C=O) groups is 2. The standard InChI is InChI=1S/C15H17NO6/c1-8-6-19-13-11(7-20-12(8)13)21-14(17)9-2-4-10(5-3-9)15(18)22-16/h2-5,8,11-13H,6-7,16H2,1H3. The van der Waals surface area contributed by atoms with Crippen molar-refractivity contribution in [1.82, 2.24) is 0 Å². The molecular weight excluding hydrogens is 290 g/mol. The second kappa shape index (κ2) is 6.04. The second-order valence-electron chi connectivity index (χ2n) is 5.50. The third-order valence-electron chi connectivity index (χ3n) is 3.98. The number of hydrogen-bond donors (Lipinski definition) is 1. The van der Waals surface area contributed by atoms with Crippen LogP contribution in [0.1, 0.15) is 27.6 Å². The summed E-state index contributed by atoms with van der Waals surface area (Å²) in [6.45, 7) is 2.99. The zero-order chi connectivity index (χ0) is 15.7. The maximum Gasteiger partial charge on any atom is 0.356 e. The molecule has 0 bridgehead atoms. The fraction of sp³-hybridized carbons (Fsp3) is 0.467. The van der Waals surface area contributed by atoms with Gasteiger partial charge in [-0.25, -0.2) is 9.59 Å². The summed E-state index contributed by atoms with van der Waals surface area (Å²) in [6, 6.07) is 5.88. The second-order valence-corrected chi connectivity index (χ2v) is 5.50. The van der Waals surface area contributed by atoms with Crippen molar-refractivity contribution in [3.05, 3.63) is 35.4 Å². The summed E-state index contributed by atoms with van der Waals surface area (Å²) in [4.78, 5) is 27.5. The molecule has 1 aromatic rings. The minimum absolute atomic E-state index is 0.0144. The Balaban J connectivity index is 1.64. The van der Waals surface area contributed by atoms with E-state index >= 15 is 0 Å². The van der Waals surface area contributed by atoms with Gasteiger partial charge >= 0.3 is 11.9 Å². The summed E-state index contributed by atoms with van der Waals surface area (Å²) in [7, 11) is 0. The molecule has 1 aromatic carbocycles. The van der Waals surface area contributed by atoms with Crippen molar-refractivity contribution in [2.24, 2.45) is 11.8 Å². The number of carbonyl (C=O) groups excluding carboxylic acids is 2. The lowest BCUT2D eigenvalue weighted by Crippen LogP contribution is -2.32. The molecule has 0 amide bonds. The molecule has 0 spiro atoms. The number of esters is 1. The molecule has 2 aliphatic heterocycles. The van der Waals surface area contributed by atoms with Crippen LogP contribution in [0, 0.1) is 5.92 Å². The molecule has 4 atom stereocenters. The van der Waals surface area contributed by atoms with Crippen molar-refractivity contribution in [3.63, 3.8) is 0 Å². The van der Waals surface area contributed by atoms with Crippen LogP contribution in [-0.4, -0.2) is 43.5 Å². The van der Waals surface area contributed by atoms with Crippen LogP contribution in [0.15, 0.2) is 24.3 Å². The fourth-order valence-electron chi connectivity index (χ4n) is 2.77. The van der Waals surface area contributed by atoms with Gasteiger partial charge in [-0.1, -0.05) is 6.92 Å². The SMILES string of the molecule is CC1COC2C(OC(=O)c3ccc(C(=O)ON)cc3)COC12.